The fraction of sp³-hybridized carbons (Fsp3) is 0.730. The van der Waals surface area contributed by atoms with E-state index in [1.54, 1.807) is 0 Å². The summed E-state index contributed by atoms with van der Waals surface area (Å²) >= 11 is 0. The molecule has 1 aromatic carbocycles. The predicted molar refractivity (Wildman–Crippen MR) is 194 cm³/mol. The first-order chi connectivity index (χ1) is 22.6. The molecule has 0 radical (unpaired) electrons. The second-order valence-corrected chi connectivity index (χ2v) is 18.4. The molecule has 1 aliphatic carbocycles. The van der Waals surface area contributed by atoms with Crippen molar-refractivity contribution in [3.63, 3.8) is 0 Å². The molecule has 4 bridgehead atoms. The van der Waals surface area contributed by atoms with E-state index in [1.165, 1.54) is 16.7 Å². The first kappa shape index (κ1) is 37.1. The van der Waals surface area contributed by atoms with Crippen LogP contribution < -0.4 is 20.3 Å². The van der Waals surface area contributed by atoms with Crippen molar-refractivity contribution in [3.8, 4) is 0 Å². The molecule has 2 aliphatic heterocycles. The number of benzene rings is 1. The molecule has 48 heavy (non-hydrogen) atoms. The van der Waals surface area contributed by atoms with Crippen LogP contribution in [0.25, 0.3) is 0 Å². The summed E-state index contributed by atoms with van der Waals surface area (Å²) in [6.45, 7) is 20.5. The molecule has 6 atom stereocenters. The highest BCUT2D eigenvalue weighted by molar-refractivity contribution is 7.90. The maximum Gasteiger partial charge on any atom is 0.216 e. The minimum absolute atomic E-state index is 0.0596. The largest absolute Gasteiger partial charge is 0.362 e. The average Bonchev–Trinajstić information content (AvgIpc) is 2.98. The fourth-order valence-electron chi connectivity index (χ4n) is 8.15. The molecule has 0 spiro atoms. The molecule has 1 saturated carbocycles. The number of aromatic nitrogens is 2. The van der Waals surface area contributed by atoms with Gasteiger partial charge in [-0.3, -0.25) is 20.5 Å². The van der Waals surface area contributed by atoms with Crippen molar-refractivity contribution in [3.05, 3.63) is 52.5 Å². The third kappa shape index (κ3) is 9.54. The summed E-state index contributed by atoms with van der Waals surface area (Å²) in [6.07, 6.45) is 5.84. The molecule has 3 aliphatic rings. The highest BCUT2D eigenvalue weighted by Crippen LogP contribution is 2.34. The molecule has 0 amide bonds. The lowest BCUT2D eigenvalue weighted by Crippen LogP contribution is -2.64. The quantitative estimate of drug-likeness (QED) is 0.346. The molecule has 2 saturated heterocycles. The van der Waals surface area contributed by atoms with Gasteiger partial charge >= 0.3 is 0 Å². The van der Waals surface area contributed by atoms with Gasteiger partial charge in [0.1, 0.15) is 18.3 Å². The Hall–Kier alpha value is -2.15. The minimum atomic E-state index is -3.60. The summed E-state index contributed by atoms with van der Waals surface area (Å²) in [4.78, 5) is 14.7. The van der Waals surface area contributed by atoms with Gasteiger partial charge < -0.3 is 9.64 Å². The minimum Gasteiger partial charge on any atom is -0.362 e. The SMILES string of the molecule is Cc1cccc(C)c1C1CC2NC(N1)NS(=O)(=O)C1CCCC(C1)CN(Cc1cnc(C)c(N(C)CC(C)C)n1)[C@H](CC(C)(C)C)CO2. The molecular formula is C37H61N7O3S. The van der Waals surface area contributed by atoms with Crippen LogP contribution in [0.15, 0.2) is 24.4 Å². The number of fused-ring (bicyclic) bond motifs is 4. The van der Waals surface area contributed by atoms with E-state index in [0.29, 0.717) is 38.3 Å². The van der Waals surface area contributed by atoms with E-state index in [2.05, 4.69) is 98.9 Å². The smallest absolute Gasteiger partial charge is 0.216 e. The van der Waals surface area contributed by atoms with Crippen molar-refractivity contribution in [2.24, 2.45) is 17.3 Å². The second kappa shape index (κ2) is 15.4. The molecule has 5 rings (SSSR count). The molecule has 10 nitrogen and oxygen atoms in total. The lowest BCUT2D eigenvalue weighted by molar-refractivity contribution is -0.0517. The zero-order valence-electron chi connectivity index (χ0n) is 30.8. The highest BCUT2D eigenvalue weighted by atomic mass is 32.2. The maximum atomic E-state index is 14.0. The van der Waals surface area contributed by atoms with Gasteiger partial charge in [0.2, 0.25) is 10.0 Å². The van der Waals surface area contributed by atoms with Crippen LogP contribution in [0.3, 0.4) is 0 Å². The third-order valence-corrected chi connectivity index (χ3v) is 12.1. The molecule has 11 heteroatoms. The van der Waals surface area contributed by atoms with Crippen molar-refractivity contribution in [2.75, 3.05) is 31.6 Å². The number of ether oxygens (including phenoxy) is 1. The number of nitrogens with one attached hydrogen (secondary N) is 3. The first-order valence-electron chi connectivity index (χ1n) is 18.1. The number of rotatable bonds is 7. The number of sulfonamides is 1. The van der Waals surface area contributed by atoms with Crippen molar-refractivity contribution in [1.82, 2.24) is 30.2 Å². The van der Waals surface area contributed by atoms with Crippen LogP contribution >= 0.6 is 0 Å². The lowest BCUT2D eigenvalue weighted by Gasteiger charge is -2.41. The number of hydrogen-bond acceptors (Lipinski definition) is 9. The van der Waals surface area contributed by atoms with Crippen LogP contribution in [-0.2, 0) is 21.3 Å². The normalized spacial score (nSPS) is 28.7. The Bertz CT molecular complexity index is 1470. The molecule has 3 heterocycles. The molecule has 2 aromatic rings. The second-order valence-electron chi connectivity index (χ2n) is 16.4. The monoisotopic (exact) mass is 683 g/mol. The van der Waals surface area contributed by atoms with Crippen molar-refractivity contribution in [1.29, 1.82) is 0 Å². The highest BCUT2D eigenvalue weighted by Gasteiger charge is 2.39. The predicted octanol–water partition coefficient (Wildman–Crippen LogP) is 5.54. The molecular weight excluding hydrogens is 623 g/mol. The van der Waals surface area contributed by atoms with Gasteiger partial charge in [-0.15, -0.1) is 0 Å². The van der Waals surface area contributed by atoms with E-state index in [-0.39, 0.29) is 29.6 Å². The standard InChI is InChI=1S/C37H61N7O3S/c1-24(2)20-43(9)35-27(5)38-19-29(39-35)22-44-21-28-14-11-15-31(16-28)48(45,46)42-36-40-32(34-25(3)12-10-13-26(34)4)17-33(41-36)47-23-30(44)18-37(6,7)8/h10,12-13,19,24,28,30-33,36,40-42H,11,14-18,20-23H2,1-9H3/t28?,30-,31?,32?,33?,36?/m1/s1. The average molecular weight is 684 g/mol. The van der Waals surface area contributed by atoms with E-state index in [4.69, 9.17) is 14.7 Å². The van der Waals surface area contributed by atoms with Crippen LogP contribution in [-0.4, -0.2) is 73.8 Å². The zero-order valence-corrected chi connectivity index (χ0v) is 31.7. The lowest BCUT2D eigenvalue weighted by atomic mass is 9.85. The first-order valence-corrected chi connectivity index (χ1v) is 19.6. The van der Waals surface area contributed by atoms with Gasteiger partial charge in [-0.2, -0.15) is 4.72 Å². The molecule has 3 N–H and O–H groups in total. The Balaban J connectivity index is 1.50. The topological polar surface area (TPSA) is 112 Å². The van der Waals surface area contributed by atoms with E-state index in [0.717, 1.165) is 49.6 Å². The number of nitrogens with zero attached hydrogens (tertiary/aromatic N) is 4. The molecule has 3 fully saturated rings. The Morgan fingerprint density at radius 3 is 2.50 bits per heavy atom. The van der Waals surface area contributed by atoms with Gasteiger partial charge in [-0.1, -0.05) is 59.2 Å². The zero-order chi connectivity index (χ0) is 34.8. The van der Waals surface area contributed by atoms with E-state index >= 15 is 0 Å². The third-order valence-electron chi connectivity index (χ3n) is 10.2. The summed E-state index contributed by atoms with van der Waals surface area (Å²) in [5.41, 5.74) is 5.52. The summed E-state index contributed by atoms with van der Waals surface area (Å²) in [6, 6.07) is 6.39. The van der Waals surface area contributed by atoms with Crippen molar-refractivity contribution >= 4 is 15.8 Å². The van der Waals surface area contributed by atoms with E-state index in [1.807, 2.05) is 13.1 Å². The Kier molecular flexibility index (Phi) is 11.9. The van der Waals surface area contributed by atoms with Gasteiger partial charge in [-0.25, -0.2) is 13.4 Å². The number of hydrogen-bond donors (Lipinski definition) is 3. The van der Waals surface area contributed by atoms with Crippen molar-refractivity contribution in [2.45, 2.75) is 130 Å². The fourth-order valence-corrected chi connectivity index (χ4v) is 9.81. The summed E-state index contributed by atoms with van der Waals surface area (Å²) < 4.78 is 37.8. The van der Waals surface area contributed by atoms with Gasteiger partial charge in [0.05, 0.1) is 29.4 Å². The Labute approximate surface area is 290 Å². The maximum absolute atomic E-state index is 14.0. The van der Waals surface area contributed by atoms with Crippen molar-refractivity contribution < 1.29 is 13.2 Å². The Morgan fingerprint density at radius 1 is 1.08 bits per heavy atom. The Morgan fingerprint density at radius 2 is 1.81 bits per heavy atom. The summed E-state index contributed by atoms with van der Waals surface area (Å²) in [7, 11) is -1.50. The van der Waals surface area contributed by atoms with Crippen LogP contribution in [0.1, 0.15) is 107 Å². The molecule has 5 unspecified atom stereocenters. The number of anilines is 1. The van der Waals surface area contributed by atoms with Crippen LogP contribution in [0.4, 0.5) is 5.82 Å². The van der Waals surface area contributed by atoms with Crippen LogP contribution in [0, 0.1) is 38.0 Å². The molecule has 268 valence electrons. The summed E-state index contributed by atoms with van der Waals surface area (Å²) in [5, 5.41) is 6.64. The van der Waals surface area contributed by atoms with Crippen LogP contribution in [0.5, 0.6) is 0 Å². The molecule has 1 aromatic heterocycles. The van der Waals surface area contributed by atoms with Crippen LogP contribution in [0.2, 0.25) is 0 Å². The van der Waals surface area contributed by atoms with Gasteiger partial charge in [0.15, 0.2) is 0 Å². The van der Waals surface area contributed by atoms with Gasteiger partial charge in [0, 0.05) is 45.2 Å². The van der Waals surface area contributed by atoms with Gasteiger partial charge in [0.25, 0.3) is 0 Å². The van der Waals surface area contributed by atoms with E-state index < -0.39 is 21.6 Å². The number of aryl methyl sites for hydroxylation is 3. The van der Waals surface area contributed by atoms with E-state index in [9.17, 15) is 8.42 Å². The van der Waals surface area contributed by atoms with Gasteiger partial charge in [-0.05, 0) is 80.4 Å². The summed E-state index contributed by atoms with van der Waals surface area (Å²) in [5.74, 6) is 1.69.